The van der Waals surface area contributed by atoms with Gasteiger partial charge in [0.25, 0.3) is 0 Å². The second-order valence-corrected chi connectivity index (χ2v) is 4.94. The smallest absolute Gasteiger partial charge is 0.416 e. The molecule has 0 bridgehead atoms. The minimum Gasteiger partial charge on any atom is -0.485 e. The van der Waals surface area contributed by atoms with Crippen LogP contribution in [0.25, 0.3) is 0 Å². The van der Waals surface area contributed by atoms with Crippen molar-refractivity contribution in [3.05, 3.63) is 58.9 Å². The van der Waals surface area contributed by atoms with Crippen molar-refractivity contribution in [1.82, 2.24) is 4.98 Å². The van der Waals surface area contributed by atoms with Gasteiger partial charge in [0, 0.05) is 24.4 Å². The zero-order chi connectivity index (χ0) is 15.9. The Morgan fingerprint density at radius 1 is 1.27 bits per heavy atom. The SMILES string of the molecule is O=C(O)c1cncc(C2Cc3cc(C(F)(F)F)ccc3O2)c1. The molecule has 1 aromatic carbocycles. The molecule has 0 spiro atoms. The van der Waals surface area contributed by atoms with Gasteiger partial charge >= 0.3 is 12.1 Å². The summed E-state index contributed by atoms with van der Waals surface area (Å²) in [6.45, 7) is 0. The molecule has 22 heavy (non-hydrogen) atoms. The topological polar surface area (TPSA) is 59.4 Å². The van der Waals surface area contributed by atoms with Crippen molar-refractivity contribution in [3.63, 3.8) is 0 Å². The van der Waals surface area contributed by atoms with Crippen molar-refractivity contribution < 1.29 is 27.8 Å². The number of ether oxygens (including phenoxy) is 1. The maximum atomic E-state index is 12.7. The van der Waals surface area contributed by atoms with E-state index < -0.39 is 23.8 Å². The molecule has 4 nitrogen and oxygen atoms in total. The fourth-order valence-electron chi connectivity index (χ4n) is 2.36. The molecule has 2 aromatic rings. The average molecular weight is 309 g/mol. The third-order valence-electron chi connectivity index (χ3n) is 3.44. The molecule has 114 valence electrons. The van der Waals surface area contributed by atoms with Gasteiger partial charge in [-0.05, 0) is 29.8 Å². The highest BCUT2D eigenvalue weighted by Crippen LogP contribution is 2.40. The van der Waals surface area contributed by atoms with E-state index in [2.05, 4.69) is 4.98 Å². The van der Waals surface area contributed by atoms with Gasteiger partial charge in [0.2, 0.25) is 0 Å². The standard InChI is InChI=1S/C15H10F3NO3/c16-15(17,18)11-1-2-12-8(4-11)5-13(22-12)9-3-10(14(20)21)7-19-6-9/h1-4,6-7,13H,5H2,(H,20,21). The summed E-state index contributed by atoms with van der Waals surface area (Å²) in [5, 5.41) is 8.95. The molecule has 1 aliphatic rings. The molecule has 1 N–H and O–H groups in total. The number of benzene rings is 1. The first-order valence-corrected chi connectivity index (χ1v) is 6.39. The first kappa shape index (κ1) is 14.4. The van der Waals surface area contributed by atoms with Gasteiger partial charge < -0.3 is 9.84 Å². The maximum Gasteiger partial charge on any atom is 0.416 e. The van der Waals surface area contributed by atoms with E-state index in [4.69, 9.17) is 9.84 Å². The number of rotatable bonds is 2. The number of pyridine rings is 1. The largest absolute Gasteiger partial charge is 0.485 e. The lowest BCUT2D eigenvalue weighted by molar-refractivity contribution is -0.137. The predicted molar refractivity (Wildman–Crippen MR) is 69.7 cm³/mol. The Morgan fingerprint density at radius 3 is 2.73 bits per heavy atom. The zero-order valence-corrected chi connectivity index (χ0v) is 11.1. The summed E-state index contributed by atoms with van der Waals surface area (Å²) >= 11 is 0. The van der Waals surface area contributed by atoms with Gasteiger partial charge in [-0.15, -0.1) is 0 Å². The van der Waals surface area contributed by atoms with E-state index in [9.17, 15) is 18.0 Å². The van der Waals surface area contributed by atoms with Crippen molar-refractivity contribution in [2.45, 2.75) is 18.7 Å². The number of fused-ring (bicyclic) bond motifs is 1. The second-order valence-electron chi connectivity index (χ2n) is 4.94. The Kier molecular flexibility index (Phi) is 3.27. The van der Waals surface area contributed by atoms with Crippen molar-refractivity contribution in [3.8, 4) is 5.75 Å². The number of hydrogen-bond acceptors (Lipinski definition) is 3. The van der Waals surface area contributed by atoms with Crippen LogP contribution in [0.2, 0.25) is 0 Å². The number of aromatic nitrogens is 1. The summed E-state index contributed by atoms with van der Waals surface area (Å²) in [5.41, 5.74) is 0.242. The summed E-state index contributed by atoms with van der Waals surface area (Å²) in [4.78, 5) is 14.8. The number of halogens is 3. The Hall–Kier alpha value is -2.57. The normalized spacial score (nSPS) is 17.0. The molecule has 1 aromatic heterocycles. The van der Waals surface area contributed by atoms with Gasteiger partial charge in [-0.1, -0.05) is 0 Å². The van der Waals surface area contributed by atoms with E-state index in [1.54, 1.807) is 0 Å². The van der Waals surface area contributed by atoms with Crippen LogP contribution in [0.4, 0.5) is 13.2 Å². The maximum absolute atomic E-state index is 12.7. The highest BCUT2D eigenvalue weighted by atomic mass is 19.4. The molecule has 2 heterocycles. The van der Waals surface area contributed by atoms with Crippen LogP contribution >= 0.6 is 0 Å². The molecule has 0 saturated heterocycles. The fourth-order valence-corrected chi connectivity index (χ4v) is 2.36. The van der Waals surface area contributed by atoms with Gasteiger partial charge in [0.05, 0.1) is 11.1 Å². The van der Waals surface area contributed by atoms with E-state index in [-0.39, 0.29) is 12.0 Å². The van der Waals surface area contributed by atoms with E-state index >= 15 is 0 Å². The van der Waals surface area contributed by atoms with Crippen LogP contribution in [0.1, 0.15) is 33.2 Å². The molecule has 1 atom stereocenters. The van der Waals surface area contributed by atoms with E-state index in [0.717, 1.165) is 12.1 Å². The second kappa shape index (κ2) is 5.01. The highest BCUT2D eigenvalue weighted by molar-refractivity contribution is 5.87. The van der Waals surface area contributed by atoms with Crippen LogP contribution in [0.5, 0.6) is 5.75 Å². The quantitative estimate of drug-likeness (QED) is 0.922. The number of aromatic carboxylic acids is 1. The molecule has 0 fully saturated rings. The molecule has 1 aliphatic heterocycles. The first-order valence-electron chi connectivity index (χ1n) is 6.39. The van der Waals surface area contributed by atoms with Crippen molar-refractivity contribution in [2.24, 2.45) is 0 Å². The summed E-state index contributed by atoms with van der Waals surface area (Å²) in [5.74, 6) is -0.747. The Morgan fingerprint density at radius 2 is 2.05 bits per heavy atom. The van der Waals surface area contributed by atoms with Crippen molar-refractivity contribution in [1.29, 1.82) is 0 Å². The minimum atomic E-state index is -4.40. The molecule has 3 rings (SSSR count). The summed E-state index contributed by atoms with van der Waals surface area (Å²) < 4.78 is 43.7. The molecule has 0 amide bonds. The lowest BCUT2D eigenvalue weighted by atomic mass is 10.0. The predicted octanol–water partition coefficient (Wildman–Crippen LogP) is 3.47. The number of carboxylic acids is 1. The van der Waals surface area contributed by atoms with Gasteiger partial charge in [-0.3, -0.25) is 4.98 Å². The van der Waals surface area contributed by atoms with Crippen molar-refractivity contribution in [2.75, 3.05) is 0 Å². The summed E-state index contributed by atoms with van der Waals surface area (Å²) in [6.07, 6.45) is -2.05. The van der Waals surface area contributed by atoms with Gasteiger partial charge in [0.15, 0.2) is 0 Å². The Bertz CT molecular complexity index is 743. The summed E-state index contributed by atoms with van der Waals surface area (Å²) in [6, 6.07) is 4.72. The number of carbonyl (C=O) groups is 1. The number of hydrogen-bond donors (Lipinski definition) is 1. The van der Waals surface area contributed by atoms with Crippen molar-refractivity contribution >= 4 is 5.97 Å². The summed E-state index contributed by atoms with van der Waals surface area (Å²) in [7, 11) is 0. The van der Waals surface area contributed by atoms with E-state index in [1.807, 2.05) is 0 Å². The highest BCUT2D eigenvalue weighted by Gasteiger charge is 2.33. The van der Waals surface area contributed by atoms with Crippen LogP contribution < -0.4 is 4.74 Å². The molecule has 7 heteroatoms. The van der Waals surface area contributed by atoms with Crippen LogP contribution in [0, 0.1) is 0 Å². The number of alkyl halides is 3. The third kappa shape index (κ3) is 2.61. The van der Waals surface area contributed by atoms with Gasteiger partial charge in [-0.2, -0.15) is 13.2 Å². The fraction of sp³-hybridized carbons (Fsp3) is 0.200. The minimum absolute atomic E-state index is 0.00744. The molecule has 0 saturated carbocycles. The Balaban J connectivity index is 1.88. The molecular formula is C15H10F3NO3. The molecule has 0 aliphatic carbocycles. The van der Waals surface area contributed by atoms with Crippen LogP contribution in [0.15, 0.2) is 36.7 Å². The van der Waals surface area contributed by atoms with Gasteiger partial charge in [0.1, 0.15) is 11.9 Å². The van der Waals surface area contributed by atoms with Crippen LogP contribution in [-0.2, 0) is 12.6 Å². The number of carboxylic acid groups (broad SMARTS) is 1. The number of nitrogens with zero attached hydrogens (tertiary/aromatic N) is 1. The Labute approximate surface area is 123 Å². The molecule has 1 unspecified atom stereocenters. The molecular weight excluding hydrogens is 299 g/mol. The van der Waals surface area contributed by atoms with Crippen LogP contribution in [-0.4, -0.2) is 16.1 Å². The van der Waals surface area contributed by atoms with Crippen LogP contribution in [0.3, 0.4) is 0 Å². The average Bonchev–Trinajstić information content (AvgIpc) is 2.89. The first-order chi connectivity index (χ1) is 10.3. The monoisotopic (exact) mass is 309 g/mol. The van der Waals surface area contributed by atoms with Gasteiger partial charge in [-0.25, -0.2) is 4.79 Å². The van der Waals surface area contributed by atoms with E-state index in [1.165, 1.54) is 24.5 Å². The zero-order valence-electron chi connectivity index (χ0n) is 11.1. The third-order valence-corrected chi connectivity index (χ3v) is 3.44. The lowest BCUT2D eigenvalue weighted by Crippen LogP contribution is -2.06. The lowest BCUT2D eigenvalue weighted by Gasteiger charge is -2.11. The molecule has 0 radical (unpaired) electrons. The van der Waals surface area contributed by atoms with E-state index in [0.29, 0.717) is 16.9 Å².